The average molecular weight is 381 g/mol. The standard InChI is InChI=1S/C21H21ClN4O/c1-12-8-14(3)19(17(22)9-12)26-21-23-10-16(11-24-21)20(27)25-18-7-5-6-13(2)15(18)4/h5-11H,1-4H3,(H,25,27)(H,23,24,26). The maximum atomic E-state index is 12.5. The van der Waals surface area contributed by atoms with Gasteiger partial charge in [0.15, 0.2) is 0 Å². The first-order chi connectivity index (χ1) is 12.8. The SMILES string of the molecule is Cc1cc(C)c(Nc2ncc(C(=O)Nc3cccc(C)c3C)cn2)c(Cl)c1. The quantitative estimate of drug-likeness (QED) is 0.639. The van der Waals surface area contributed by atoms with Gasteiger partial charge in [0, 0.05) is 18.1 Å². The number of aryl methyl sites for hydroxylation is 3. The van der Waals surface area contributed by atoms with Crippen molar-refractivity contribution in [3.63, 3.8) is 0 Å². The zero-order valence-electron chi connectivity index (χ0n) is 15.7. The van der Waals surface area contributed by atoms with Crippen molar-refractivity contribution in [2.24, 2.45) is 0 Å². The Morgan fingerprint density at radius 2 is 1.70 bits per heavy atom. The van der Waals surface area contributed by atoms with Crippen molar-refractivity contribution in [1.29, 1.82) is 0 Å². The van der Waals surface area contributed by atoms with Crippen molar-refractivity contribution in [1.82, 2.24) is 9.97 Å². The van der Waals surface area contributed by atoms with Crippen LogP contribution in [0.2, 0.25) is 5.02 Å². The third-order valence-electron chi connectivity index (χ3n) is 4.44. The molecule has 1 heterocycles. The molecule has 138 valence electrons. The summed E-state index contributed by atoms with van der Waals surface area (Å²) in [7, 11) is 0. The van der Waals surface area contributed by atoms with Crippen molar-refractivity contribution >= 4 is 34.8 Å². The first-order valence-electron chi connectivity index (χ1n) is 8.58. The Balaban J connectivity index is 1.75. The predicted octanol–water partition coefficient (Wildman–Crippen LogP) is 5.36. The number of carbonyl (C=O) groups excluding carboxylic acids is 1. The predicted molar refractivity (Wildman–Crippen MR) is 110 cm³/mol. The molecule has 0 aliphatic rings. The van der Waals surface area contributed by atoms with Gasteiger partial charge < -0.3 is 10.6 Å². The zero-order valence-corrected chi connectivity index (χ0v) is 16.5. The molecule has 0 bridgehead atoms. The normalized spacial score (nSPS) is 10.6. The lowest BCUT2D eigenvalue weighted by atomic mass is 10.1. The largest absolute Gasteiger partial charge is 0.323 e. The minimum Gasteiger partial charge on any atom is -0.323 e. The lowest BCUT2D eigenvalue weighted by Gasteiger charge is -2.12. The van der Waals surface area contributed by atoms with Gasteiger partial charge in [0.1, 0.15) is 0 Å². The summed E-state index contributed by atoms with van der Waals surface area (Å²) in [5, 5.41) is 6.62. The molecule has 0 radical (unpaired) electrons. The molecule has 2 aromatic carbocycles. The van der Waals surface area contributed by atoms with Crippen LogP contribution in [0.4, 0.5) is 17.3 Å². The van der Waals surface area contributed by atoms with Crippen LogP contribution in [0.1, 0.15) is 32.6 Å². The number of halogens is 1. The molecular weight excluding hydrogens is 360 g/mol. The van der Waals surface area contributed by atoms with E-state index in [-0.39, 0.29) is 5.91 Å². The fourth-order valence-corrected chi connectivity index (χ4v) is 3.15. The first kappa shape index (κ1) is 18.9. The maximum Gasteiger partial charge on any atom is 0.258 e. The molecule has 3 rings (SSSR count). The number of rotatable bonds is 4. The summed E-state index contributed by atoms with van der Waals surface area (Å²) in [6, 6.07) is 9.70. The second-order valence-corrected chi connectivity index (χ2v) is 6.97. The number of benzene rings is 2. The second-order valence-electron chi connectivity index (χ2n) is 6.56. The van der Waals surface area contributed by atoms with Crippen LogP contribution in [-0.4, -0.2) is 15.9 Å². The van der Waals surface area contributed by atoms with Crippen LogP contribution in [0, 0.1) is 27.7 Å². The number of nitrogens with one attached hydrogen (secondary N) is 2. The van der Waals surface area contributed by atoms with E-state index in [1.807, 2.05) is 58.0 Å². The van der Waals surface area contributed by atoms with Gasteiger partial charge in [0.25, 0.3) is 5.91 Å². The molecule has 6 heteroatoms. The van der Waals surface area contributed by atoms with Crippen molar-refractivity contribution < 1.29 is 4.79 Å². The lowest BCUT2D eigenvalue weighted by Crippen LogP contribution is -2.14. The lowest BCUT2D eigenvalue weighted by molar-refractivity contribution is 0.102. The number of amides is 1. The van der Waals surface area contributed by atoms with Gasteiger partial charge in [-0.1, -0.05) is 29.8 Å². The monoisotopic (exact) mass is 380 g/mol. The number of aromatic nitrogens is 2. The number of hydrogen-bond acceptors (Lipinski definition) is 4. The van der Waals surface area contributed by atoms with E-state index in [4.69, 9.17) is 11.6 Å². The fourth-order valence-electron chi connectivity index (χ4n) is 2.78. The van der Waals surface area contributed by atoms with E-state index >= 15 is 0 Å². The molecule has 0 saturated carbocycles. The summed E-state index contributed by atoms with van der Waals surface area (Å²) >= 11 is 6.30. The van der Waals surface area contributed by atoms with Crippen LogP contribution in [0.25, 0.3) is 0 Å². The molecule has 0 unspecified atom stereocenters. The van der Waals surface area contributed by atoms with Gasteiger partial charge in [0.05, 0.1) is 16.3 Å². The smallest absolute Gasteiger partial charge is 0.258 e. The molecule has 1 amide bonds. The highest BCUT2D eigenvalue weighted by Gasteiger charge is 2.11. The van der Waals surface area contributed by atoms with Crippen LogP contribution >= 0.6 is 11.6 Å². The Bertz CT molecular complexity index is 977. The highest BCUT2D eigenvalue weighted by molar-refractivity contribution is 6.33. The van der Waals surface area contributed by atoms with Gasteiger partial charge in [-0.2, -0.15) is 0 Å². The molecule has 5 nitrogen and oxygen atoms in total. The van der Waals surface area contributed by atoms with Crippen molar-refractivity contribution in [2.75, 3.05) is 10.6 Å². The molecule has 0 fully saturated rings. The number of nitrogens with zero attached hydrogens (tertiary/aromatic N) is 2. The van der Waals surface area contributed by atoms with E-state index in [1.54, 1.807) is 0 Å². The first-order valence-corrected chi connectivity index (χ1v) is 8.96. The molecule has 0 aliphatic heterocycles. The fraction of sp³-hybridized carbons (Fsp3) is 0.190. The summed E-state index contributed by atoms with van der Waals surface area (Å²) in [5.41, 5.74) is 6.17. The highest BCUT2D eigenvalue weighted by Crippen LogP contribution is 2.29. The molecule has 0 atom stereocenters. The van der Waals surface area contributed by atoms with Gasteiger partial charge in [-0.25, -0.2) is 9.97 Å². The van der Waals surface area contributed by atoms with E-state index in [2.05, 4.69) is 20.6 Å². The van der Waals surface area contributed by atoms with Gasteiger partial charge in [-0.05, 0) is 62.1 Å². The molecule has 2 N–H and O–H groups in total. The summed E-state index contributed by atoms with van der Waals surface area (Å²) in [6.07, 6.45) is 2.99. The Morgan fingerprint density at radius 3 is 2.37 bits per heavy atom. The van der Waals surface area contributed by atoms with E-state index in [9.17, 15) is 4.79 Å². The maximum absolute atomic E-state index is 12.5. The van der Waals surface area contributed by atoms with Gasteiger partial charge in [-0.3, -0.25) is 4.79 Å². The van der Waals surface area contributed by atoms with E-state index in [0.29, 0.717) is 16.5 Å². The third kappa shape index (κ3) is 4.26. The molecule has 27 heavy (non-hydrogen) atoms. The third-order valence-corrected chi connectivity index (χ3v) is 4.73. The van der Waals surface area contributed by atoms with Gasteiger partial charge in [0.2, 0.25) is 5.95 Å². The number of carbonyl (C=O) groups is 1. The Hall–Kier alpha value is -2.92. The summed E-state index contributed by atoms with van der Waals surface area (Å²) in [4.78, 5) is 20.9. The minimum atomic E-state index is -0.250. The zero-order chi connectivity index (χ0) is 19.6. The van der Waals surface area contributed by atoms with Crippen molar-refractivity contribution in [3.8, 4) is 0 Å². The summed E-state index contributed by atoms with van der Waals surface area (Å²) in [5.74, 6) is 0.131. The van der Waals surface area contributed by atoms with Crippen LogP contribution < -0.4 is 10.6 Å². The molecule has 0 aliphatic carbocycles. The Labute approximate surface area is 163 Å². The second kappa shape index (κ2) is 7.76. The molecule has 0 saturated heterocycles. The minimum absolute atomic E-state index is 0.250. The Morgan fingerprint density at radius 1 is 1.00 bits per heavy atom. The summed E-state index contributed by atoms with van der Waals surface area (Å²) < 4.78 is 0. The van der Waals surface area contributed by atoms with Crippen LogP contribution in [0.3, 0.4) is 0 Å². The molecule has 3 aromatic rings. The number of hydrogen-bond donors (Lipinski definition) is 2. The van der Waals surface area contributed by atoms with E-state index < -0.39 is 0 Å². The number of anilines is 3. The average Bonchev–Trinajstić information content (AvgIpc) is 2.62. The van der Waals surface area contributed by atoms with Crippen molar-refractivity contribution in [3.05, 3.63) is 75.6 Å². The molecule has 1 aromatic heterocycles. The molecule has 0 spiro atoms. The van der Waals surface area contributed by atoms with Crippen LogP contribution in [-0.2, 0) is 0 Å². The van der Waals surface area contributed by atoms with Crippen LogP contribution in [0.15, 0.2) is 42.7 Å². The van der Waals surface area contributed by atoms with Crippen molar-refractivity contribution in [2.45, 2.75) is 27.7 Å². The van der Waals surface area contributed by atoms with E-state index in [1.165, 1.54) is 12.4 Å². The summed E-state index contributed by atoms with van der Waals surface area (Å²) in [6.45, 7) is 7.94. The Kier molecular flexibility index (Phi) is 5.42. The molecular formula is C21H21ClN4O. The highest BCUT2D eigenvalue weighted by atomic mass is 35.5. The van der Waals surface area contributed by atoms with Gasteiger partial charge in [-0.15, -0.1) is 0 Å². The van der Waals surface area contributed by atoms with E-state index in [0.717, 1.165) is 33.6 Å². The van der Waals surface area contributed by atoms with Gasteiger partial charge >= 0.3 is 0 Å². The van der Waals surface area contributed by atoms with Crippen LogP contribution in [0.5, 0.6) is 0 Å². The topological polar surface area (TPSA) is 66.9 Å².